The molecular weight excluding hydrogens is 142 g/mol. The van der Waals surface area contributed by atoms with E-state index in [4.69, 9.17) is 15.7 Å². The van der Waals surface area contributed by atoms with Crippen LogP contribution in [0.2, 0.25) is 0 Å². The van der Waals surface area contributed by atoms with Crippen LogP contribution in [0.1, 0.15) is 0 Å². The monoisotopic (exact) mass is 148 g/mol. The topological polar surface area (TPSA) is 0 Å². The molecule has 0 heterocycles. The molecule has 0 spiro atoms. The lowest BCUT2D eigenvalue weighted by molar-refractivity contribution is 1.81. The van der Waals surface area contributed by atoms with Gasteiger partial charge in [0.25, 0.3) is 0 Å². The zero-order valence-corrected chi connectivity index (χ0v) is 6.62. The first kappa shape index (κ1) is 7.48. The molecule has 0 fully saturated rings. The lowest BCUT2D eigenvalue weighted by atomic mass is 9.83. The highest BCUT2D eigenvalue weighted by Crippen LogP contribution is 2.06. The van der Waals surface area contributed by atoms with Crippen molar-refractivity contribution in [3.8, 4) is 0 Å². The number of hydrogen-bond donors (Lipinski definition) is 0. The van der Waals surface area contributed by atoms with Gasteiger partial charge < -0.3 is 0 Å². The number of fused-ring (bicyclic) bond motifs is 1. The summed E-state index contributed by atoms with van der Waals surface area (Å²) in [6.45, 7) is 0. The molecule has 52 valence electrons. The van der Waals surface area contributed by atoms with E-state index < -0.39 is 0 Å². The SMILES string of the molecule is [B]c1ccc([B])c2ccccc12. The molecule has 2 aromatic rings. The molecule has 0 N–H and O–H groups in total. The van der Waals surface area contributed by atoms with E-state index in [1.54, 1.807) is 0 Å². The van der Waals surface area contributed by atoms with Gasteiger partial charge in [-0.15, -0.1) is 0 Å². The Morgan fingerprint density at radius 1 is 0.667 bits per heavy atom. The molecule has 12 heavy (non-hydrogen) atoms. The fourth-order valence-electron chi connectivity index (χ4n) is 1.35. The first-order valence-electron chi connectivity index (χ1n) is 3.82. The van der Waals surface area contributed by atoms with Crippen LogP contribution in [-0.4, -0.2) is 15.7 Å². The van der Waals surface area contributed by atoms with Crippen molar-refractivity contribution < 1.29 is 0 Å². The van der Waals surface area contributed by atoms with Crippen LogP contribution in [0.5, 0.6) is 0 Å². The van der Waals surface area contributed by atoms with Crippen molar-refractivity contribution >= 4 is 37.4 Å². The summed E-state index contributed by atoms with van der Waals surface area (Å²) in [5.41, 5.74) is 1.56. The van der Waals surface area contributed by atoms with Crippen LogP contribution in [0.25, 0.3) is 10.8 Å². The minimum atomic E-state index is 0.778. The summed E-state index contributed by atoms with van der Waals surface area (Å²) in [5, 5.41) is 2.05. The zero-order chi connectivity index (χ0) is 8.55. The third-order valence-corrected chi connectivity index (χ3v) is 1.99. The van der Waals surface area contributed by atoms with Crippen molar-refractivity contribution in [2.75, 3.05) is 0 Å². The Morgan fingerprint density at radius 2 is 1.08 bits per heavy atom. The summed E-state index contributed by atoms with van der Waals surface area (Å²) in [6, 6.07) is 11.5. The summed E-state index contributed by atoms with van der Waals surface area (Å²) < 4.78 is 0. The summed E-state index contributed by atoms with van der Waals surface area (Å²) in [5.74, 6) is 0. The quantitative estimate of drug-likeness (QED) is 0.475. The second kappa shape index (κ2) is 2.71. The van der Waals surface area contributed by atoms with E-state index in [-0.39, 0.29) is 0 Å². The van der Waals surface area contributed by atoms with Crippen molar-refractivity contribution in [3.05, 3.63) is 36.4 Å². The van der Waals surface area contributed by atoms with Crippen LogP contribution in [-0.2, 0) is 0 Å². The molecule has 0 nitrogen and oxygen atoms in total. The predicted octanol–water partition coefficient (Wildman–Crippen LogP) is 0.427. The number of hydrogen-bond acceptors (Lipinski definition) is 0. The van der Waals surface area contributed by atoms with E-state index in [0.717, 1.165) is 21.7 Å². The summed E-state index contributed by atoms with van der Waals surface area (Å²) in [7, 11) is 11.5. The smallest absolute Gasteiger partial charge is 0.0890 e. The van der Waals surface area contributed by atoms with Crippen molar-refractivity contribution in [3.63, 3.8) is 0 Å². The van der Waals surface area contributed by atoms with Gasteiger partial charge in [-0.3, -0.25) is 0 Å². The van der Waals surface area contributed by atoms with Crippen molar-refractivity contribution in [2.24, 2.45) is 0 Å². The van der Waals surface area contributed by atoms with Gasteiger partial charge in [0.05, 0.1) is 0 Å². The lowest BCUT2D eigenvalue weighted by Gasteiger charge is -2.04. The molecule has 0 aliphatic rings. The Bertz CT molecular complexity index is 381. The Morgan fingerprint density at radius 3 is 1.50 bits per heavy atom. The van der Waals surface area contributed by atoms with Crippen molar-refractivity contribution in [2.45, 2.75) is 0 Å². The fraction of sp³-hybridized carbons (Fsp3) is 0. The molecular formula is C10H6B2. The van der Waals surface area contributed by atoms with E-state index in [1.165, 1.54) is 0 Å². The molecule has 2 aromatic carbocycles. The van der Waals surface area contributed by atoms with E-state index in [0.29, 0.717) is 0 Å². The molecule has 2 heteroatoms. The largest absolute Gasteiger partial charge is 0.114 e. The molecule has 0 atom stereocenters. The average Bonchev–Trinajstić information content (AvgIpc) is 2.12. The number of benzene rings is 2. The molecule has 2 rings (SSSR count). The van der Waals surface area contributed by atoms with Crippen molar-refractivity contribution in [1.82, 2.24) is 0 Å². The van der Waals surface area contributed by atoms with E-state index in [1.807, 2.05) is 36.4 Å². The average molecular weight is 148 g/mol. The summed E-state index contributed by atoms with van der Waals surface area (Å²) >= 11 is 0. The highest BCUT2D eigenvalue weighted by atomic mass is 14.0. The molecule has 4 radical (unpaired) electrons. The van der Waals surface area contributed by atoms with Crippen LogP contribution in [0.3, 0.4) is 0 Å². The second-order valence-electron chi connectivity index (χ2n) is 2.79. The molecule has 0 aliphatic heterocycles. The van der Waals surface area contributed by atoms with Crippen molar-refractivity contribution in [1.29, 1.82) is 0 Å². The molecule has 0 unspecified atom stereocenters. The van der Waals surface area contributed by atoms with Crippen LogP contribution in [0, 0.1) is 0 Å². The molecule has 0 aromatic heterocycles. The third kappa shape index (κ3) is 1.04. The molecule has 0 bridgehead atoms. The van der Waals surface area contributed by atoms with E-state index in [2.05, 4.69) is 0 Å². The van der Waals surface area contributed by atoms with Gasteiger partial charge in [0.15, 0.2) is 0 Å². The van der Waals surface area contributed by atoms with Crippen LogP contribution in [0.15, 0.2) is 36.4 Å². The predicted molar refractivity (Wildman–Crippen MR) is 54.7 cm³/mol. The molecule has 0 aliphatic carbocycles. The number of rotatable bonds is 0. The summed E-state index contributed by atoms with van der Waals surface area (Å²) in [4.78, 5) is 0. The fourth-order valence-corrected chi connectivity index (χ4v) is 1.35. The zero-order valence-electron chi connectivity index (χ0n) is 6.62. The van der Waals surface area contributed by atoms with Crippen LogP contribution in [0.4, 0.5) is 0 Å². The van der Waals surface area contributed by atoms with Gasteiger partial charge in [0.2, 0.25) is 0 Å². The Balaban J connectivity index is 2.95. The highest BCUT2D eigenvalue weighted by Gasteiger charge is 1.96. The second-order valence-corrected chi connectivity index (χ2v) is 2.79. The maximum Gasteiger partial charge on any atom is 0.114 e. The van der Waals surface area contributed by atoms with Gasteiger partial charge in [0.1, 0.15) is 15.7 Å². The Hall–Kier alpha value is -1.17. The van der Waals surface area contributed by atoms with Gasteiger partial charge in [-0.1, -0.05) is 47.3 Å². The van der Waals surface area contributed by atoms with Gasteiger partial charge in [-0.25, -0.2) is 0 Å². The van der Waals surface area contributed by atoms with Crippen LogP contribution < -0.4 is 10.9 Å². The molecule has 0 saturated heterocycles. The first-order valence-corrected chi connectivity index (χ1v) is 3.82. The lowest BCUT2D eigenvalue weighted by Crippen LogP contribution is -2.12. The van der Waals surface area contributed by atoms with Gasteiger partial charge in [-0.2, -0.15) is 0 Å². The van der Waals surface area contributed by atoms with Gasteiger partial charge in [0, 0.05) is 0 Å². The van der Waals surface area contributed by atoms with Gasteiger partial charge >= 0.3 is 0 Å². The molecule has 0 saturated carbocycles. The minimum absolute atomic E-state index is 0.778. The normalized spacial score (nSPS) is 10.3. The van der Waals surface area contributed by atoms with E-state index in [9.17, 15) is 0 Å². The highest BCUT2D eigenvalue weighted by molar-refractivity contribution is 6.44. The Labute approximate surface area is 74.4 Å². The molecule has 0 amide bonds. The van der Waals surface area contributed by atoms with Gasteiger partial charge in [-0.05, 0) is 10.8 Å². The van der Waals surface area contributed by atoms with Crippen LogP contribution >= 0.6 is 0 Å². The minimum Gasteiger partial charge on any atom is -0.0890 e. The third-order valence-electron chi connectivity index (χ3n) is 1.99. The maximum absolute atomic E-state index is 5.77. The van der Waals surface area contributed by atoms with E-state index >= 15 is 0 Å². The standard InChI is InChI=1S/C10H6B2/c11-9-5-6-10(12)8-4-2-1-3-7(8)9/h1-6H. The maximum atomic E-state index is 5.77. The summed E-state index contributed by atoms with van der Waals surface area (Å²) in [6.07, 6.45) is 0. The first-order chi connectivity index (χ1) is 5.79. The Kier molecular flexibility index (Phi) is 1.69.